The molecule has 5 nitrogen and oxygen atoms in total. The molecular weight excluding hydrogens is 326 g/mol. The monoisotopic (exact) mass is 355 g/mol. The lowest BCUT2D eigenvalue weighted by atomic mass is 9.65. The molecule has 2 saturated heterocycles. The number of piperidine rings is 2. The summed E-state index contributed by atoms with van der Waals surface area (Å²) in [5, 5.41) is 2.94. The average Bonchev–Trinajstić information content (AvgIpc) is 2.67. The number of benzene rings is 1. The second kappa shape index (κ2) is 6.69. The van der Waals surface area contributed by atoms with E-state index in [0.29, 0.717) is 25.3 Å². The van der Waals surface area contributed by atoms with Crippen molar-refractivity contribution in [1.29, 1.82) is 0 Å². The molecular formula is C21H29N3O2. The number of amides is 2. The molecule has 3 aliphatic rings. The minimum Gasteiger partial charge on any atom is -0.355 e. The van der Waals surface area contributed by atoms with Crippen LogP contribution in [0.25, 0.3) is 0 Å². The normalized spacial score (nSPS) is 29.0. The fourth-order valence-electron chi connectivity index (χ4n) is 5.02. The van der Waals surface area contributed by atoms with Crippen LogP contribution < -0.4 is 11.1 Å². The first-order chi connectivity index (χ1) is 12.5. The van der Waals surface area contributed by atoms with Gasteiger partial charge >= 0.3 is 0 Å². The predicted molar refractivity (Wildman–Crippen MR) is 100 cm³/mol. The van der Waals surface area contributed by atoms with Gasteiger partial charge < -0.3 is 16.0 Å². The summed E-state index contributed by atoms with van der Waals surface area (Å²) >= 11 is 0. The quantitative estimate of drug-likeness (QED) is 0.870. The molecule has 2 aliphatic heterocycles. The van der Waals surface area contributed by atoms with Crippen LogP contribution in [0.15, 0.2) is 30.3 Å². The molecule has 0 spiro atoms. The van der Waals surface area contributed by atoms with Crippen molar-refractivity contribution in [1.82, 2.24) is 10.2 Å². The maximum atomic E-state index is 13.6. The lowest BCUT2D eigenvalue weighted by Crippen LogP contribution is -2.60. The van der Waals surface area contributed by atoms with Crippen molar-refractivity contribution in [2.75, 3.05) is 19.6 Å². The van der Waals surface area contributed by atoms with E-state index in [1.165, 1.54) is 6.42 Å². The molecule has 3 fully saturated rings. The Hall–Kier alpha value is -1.88. The first kappa shape index (κ1) is 17.5. The maximum absolute atomic E-state index is 13.6. The van der Waals surface area contributed by atoms with Crippen molar-refractivity contribution in [3.05, 3.63) is 35.9 Å². The Morgan fingerprint density at radius 3 is 2.35 bits per heavy atom. The molecule has 0 bridgehead atoms. The van der Waals surface area contributed by atoms with E-state index in [-0.39, 0.29) is 17.4 Å². The van der Waals surface area contributed by atoms with E-state index in [4.69, 9.17) is 5.73 Å². The third-order valence-electron chi connectivity index (χ3n) is 6.98. The third-order valence-corrected chi connectivity index (χ3v) is 6.98. The average molecular weight is 355 g/mol. The fraction of sp³-hybridized carbons (Fsp3) is 0.619. The number of rotatable bonds is 3. The Balaban J connectivity index is 1.51. The molecule has 0 radical (unpaired) electrons. The summed E-state index contributed by atoms with van der Waals surface area (Å²) in [5.74, 6) is 0.749. The Morgan fingerprint density at radius 2 is 1.81 bits per heavy atom. The van der Waals surface area contributed by atoms with Gasteiger partial charge in [0.25, 0.3) is 0 Å². The number of carbonyl (C=O) groups is 2. The number of nitrogens with zero attached hydrogens (tertiary/aromatic N) is 1. The number of nitrogens with one attached hydrogen (secondary N) is 1. The lowest BCUT2D eigenvalue weighted by Gasteiger charge is -2.49. The first-order valence-electron chi connectivity index (χ1n) is 9.94. The zero-order valence-electron chi connectivity index (χ0n) is 15.4. The van der Waals surface area contributed by atoms with Crippen molar-refractivity contribution < 1.29 is 9.59 Å². The zero-order chi connectivity index (χ0) is 18.2. The molecule has 1 unspecified atom stereocenters. The van der Waals surface area contributed by atoms with Gasteiger partial charge in [-0.25, -0.2) is 0 Å². The topological polar surface area (TPSA) is 75.4 Å². The Bertz CT molecular complexity index is 666. The van der Waals surface area contributed by atoms with Gasteiger partial charge in [-0.2, -0.15) is 0 Å². The van der Waals surface area contributed by atoms with Gasteiger partial charge in [0.15, 0.2) is 0 Å². The summed E-state index contributed by atoms with van der Waals surface area (Å²) in [5.41, 5.74) is 6.93. The number of hydrogen-bond acceptors (Lipinski definition) is 3. The van der Waals surface area contributed by atoms with Crippen molar-refractivity contribution in [2.24, 2.45) is 11.7 Å². The van der Waals surface area contributed by atoms with Gasteiger partial charge in [-0.15, -0.1) is 0 Å². The van der Waals surface area contributed by atoms with E-state index >= 15 is 0 Å². The predicted octanol–water partition coefficient (Wildman–Crippen LogP) is 1.95. The Labute approximate surface area is 155 Å². The van der Waals surface area contributed by atoms with Gasteiger partial charge in [0.2, 0.25) is 11.8 Å². The molecule has 1 aromatic carbocycles. The summed E-state index contributed by atoms with van der Waals surface area (Å²) < 4.78 is 0. The van der Waals surface area contributed by atoms with Crippen LogP contribution in [-0.2, 0) is 15.0 Å². The van der Waals surface area contributed by atoms with E-state index < -0.39 is 5.41 Å². The molecule has 4 rings (SSSR count). The molecule has 1 atom stereocenters. The summed E-state index contributed by atoms with van der Waals surface area (Å²) in [4.78, 5) is 27.3. The van der Waals surface area contributed by atoms with E-state index in [2.05, 4.69) is 5.32 Å². The minimum atomic E-state index is -0.626. The molecule has 1 aliphatic carbocycles. The molecule has 0 aromatic heterocycles. The zero-order valence-corrected chi connectivity index (χ0v) is 15.4. The number of likely N-dealkylation sites (tertiary alicyclic amines) is 1. The standard InChI is InChI=1S/C21H29N3O2/c22-21(10-4-11-21)17-8-13-24(14-9-17)19(26)20(12-7-18(25)23-15-20)16-5-2-1-3-6-16/h1-3,5-6,17H,4,7-15,22H2,(H,23,25). The number of carbonyl (C=O) groups excluding carboxylic acids is 2. The van der Waals surface area contributed by atoms with E-state index in [1.807, 2.05) is 35.2 Å². The van der Waals surface area contributed by atoms with Crippen LogP contribution in [0.1, 0.15) is 50.5 Å². The summed E-state index contributed by atoms with van der Waals surface area (Å²) in [7, 11) is 0. The van der Waals surface area contributed by atoms with Crippen LogP contribution in [0.4, 0.5) is 0 Å². The molecule has 1 saturated carbocycles. The van der Waals surface area contributed by atoms with Crippen molar-refractivity contribution in [3.63, 3.8) is 0 Å². The molecule has 1 aromatic rings. The van der Waals surface area contributed by atoms with Crippen molar-refractivity contribution in [2.45, 2.75) is 55.9 Å². The van der Waals surface area contributed by atoms with Crippen molar-refractivity contribution in [3.8, 4) is 0 Å². The SMILES string of the molecule is NC1(C2CCN(C(=O)C3(c4ccccc4)CCC(=O)NC3)CC2)CCC1. The van der Waals surface area contributed by atoms with Gasteiger partial charge in [-0.1, -0.05) is 30.3 Å². The molecule has 5 heteroatoms. The van der Waals surface area contributed by atoms with Gasteiger partial charge in [0.05, 0.1) is 5.41 Å². The lowest BCUT2D eigenvalue weighted by molar-refractivity contribution is -0.141. The largest absolute Gasteiger partial charge is 0.355 e. The van der Waals surface area contributed by atoms with Gasteiger partial charge in [0, 0.05) is 31.6 Å². The first-order valence-corrected chi connectivity index (χ1v) is 9.94. The fourth-order valence-corrected chi connectivity index (χ4v) is 5.02. The molecule has 140 valence electrons. The highest BCUT2D eigenvalue weighted by molar-refractivity contribution is 5.91. The molecule has 3 N–H and O–H groups in total. The summed E-state index contributed by atoms with van der Waals surface area (Å²) in [6, 6.07) is 9.95. The van der Waals surface area contributed by atoms with Crippen LogP contribution in [0.2, 0.25) is 0 Å². The smallest absolute Gasteiger partial charge is 0.235 e. The van der Waals surface area contributed by atoms with Crippen LogP contribution in [0.5, 0.6) is 0 Å². The summed E-state index contributed by atoms with van der Waals surface area (Å²) in [6.07, 6.45) is 6.49. The second-order valence-corrected chi connectivity index (χ2v) is 8.38. The highest BCUT2D eigenvalue weighted by atomic mass is 16.2. The number of hydrogen-bond donors (Lipinski definition) is 2. The van der Waals surface area contributed by atoms with E-state index in [1.54, 1.807) is 0 Å². The van der Waals surface area contributed by atoms with Crippen molar-refractivity contribution >= 4 is 11.8 Å². The van der Waals surface area contributed by atoms with Crippen LogP contribution in [-0.4, -0.2) is 41.9 Å². The van der Waals surface area contributed by atoms with Gasteiger partial charge in [-0.3, -0.25) is 9.59 Å². The second-order valence-electron chi connectivity index (χ2n) is 8.38. The minimum absolute atomic E-state index is 0.0189. The highest BCUT2D eigenvalue weighted by Crippen LogP contribution is 2.42. The van der Waals surface area contributed by atoms with E-state index in [0.717, 1.165) is 44.3 Å². The highest BCUT2D eigenvalue weighted by Gasteiger charge is 2.47. The molecule has 2 heterocycles. The Morgan fingerprint density at radius 1 is 1.12 bits per heavy atom. The molecule has 2 amide bonds. The van der Waals surface area contributed by atoms with Gasteiger partial charge in [0.1, 0.15) is 0 Å². The van der Waals surface area contributed by atoms with E-state index in [9.17, 15) is 9.59 Å². The van der Waals surface area contributed by atoms with Crippen LogP contribution >= 0.6 is 0 Å². The van der Waals surface area contributed by atoms with Crippen LogP contribution in [0.3, 0.4) is 0 Å². The number of nitrogens with two attached hydrogens (primary N) is 1. The van der Waals surface area contributed by atoms with Gasteiger partial charge in [-0.05, 0) is 50.0 Å². The third kappa shape index (κ3) is 2.92. The van der Waals surface area contributed by atoms with Crippen LogP contribution in [0, 0.1) is 5.92 Å². The molecule has 26 heavy (non-hydrogen) atoms. The summed E-state index contributed by atoms with van der Waals surface area (Å²) in [6.45, 7) is 1.96. The maximum Gasteiger partial charge on any atom is 0.235 e. The Kier molecular flexibility index (Phi) is 4.51.